The van der Waals surface area contributed by atoms with Crippen LogP contribution < -0.4 is 10.1 Å². The summed E-state index contributed by atoms with van der Waals surface area (Å²) in [4.78, 5) is 0. The lowest BCUT2D eigenvalue weighted by Gasteiger charge is -2.29. The first-order valence-electron chi connectivity index (χ1n) is 8.00. The molecule has 0 heterocycles. The average molecular weight is 291 g/mol. The third-order valence-corrected chi connectivity index (χ3v) is 3.94. The Bertz CT molecular complexity index is 439. The van der Waals surface area contributed by atoms with Gasteiger partial charge >= 0.3 is 0 Å². The lowest BCUT2D eigenvalue weighted by atomic mass is 9.95. The molecule has 0 bridgehead atoms. The van der Waals surface area contributed by atoms with Gasteiger partial charge in [0.05, 0.1) is 6.10 Å². The summed E-state index contributed by atoms with van der Waals surface area (Å²) in [5.41, 5.74) is 1.40. The lowest BCUT2D eigenvalue weighted by molar-refractivity contribution is 0.0209. The summed E-state index contributed by atoms with van der Waals surface area (Å²) in [5.74, 6) is 0.977. The predicted octanol–water partition coefficient (Wildman–Crippen LogP) is 3.91. The van der Waals surface area contributed by atoms with Crippen LogP contribution in [0.2, 0.25) is 0 Å². The monoisotopic (exact) mass is 291 g/mol. The highest BCUT2D eigenvalue weighted by molar-refractivity contribution is 5.28. The molecule has 1 fully saturated rings. The molecule has 0 amide bonds. The molecule has 1 saturated carbocycles. The molecule has 0 spiro atoms. The minimum atomic E-state index is 0.131. The molecule has 2 rings (SSSR count). The molecule has 3 heteroatoms. The van der Waals surface area contributed by atoms with Crippen LogP contribution in [0.25, 0.3) is 0 Å². The zero-order chi connectivity index (χ0) is 15.3. The van der Waals surface area contributed by atoms with Gasteiger partial charge in [-0.1, -0.05) is 12.1 Å². The molecule has 1 aromatic rings. The van der Waals surface area contributed by atoms with Gasteiger partial charge in [-0.2, -0.15) is 0 Å². The van der Waals surface area contributed by atoms with Crippen LogP contribution in [0.3, 0.4) is 0 Å². The smallest absolute Gasteiger partial charge is 0.120 e. The molecule has 21 heavy (non-hydrogen) atoms. The fraction of sp³-hybridized carbons (Fsp3) is 0.667. The number of rotatable bonds is 5. The van der Waals surface area contributed by atoms with Crippen molar-refractivity contribution in [2.75, 3.05) is 7.11 Å². The Hall–Kier alpha value is -1.06. The summed E-state index contributed by atoms with van der Waals surface area (Å²) >= 11 is 0. The third kappa shape index (κ3) is 5.68. The number of hydrogen-bond donors (Lipinski definition) is 1. The first kappa shape index (κ1) is 16.3. The van der Waals surface area contributed by atoms with Crippen molar-refractivity contribution in [2.45, 2.75) is 70.7 Å². The summed E-state index contributed by atoms with van der Waals surface area (Å²) < 4.78 is 11.6. The Balaban J connectivity index is 1.91. The number of nitrogens with one attached hydrogen (secondary N) is 1. The first-order valence-corrected chi connectivity index (χ1v) is 8.00. The molecule has 2 atom stereocenters. The van der Waals surface area contributed by atoms with Gasteiger partial charge in [-0.15, -0.1) is 0 Å². The van der Waals surface area contributed by atoms with E-state index in [1.54, 1.807) is 7.11 Å². The predicted molar refractivity (Wildman–Crippen MR) is 86.7 cm³/mol. The standard InChI is InChI=1S/C18H29NO2/c1-18(2,3)19-13-14-7-5-9-16(11-14)21-17-10-6-8-15(12-17)20-4/h5,7,9,11,15,17,19H,6,8,10,12-13H2,1-4H3. The molecule has 0 saturated heterocycles. The second-order valence-corrected chi connectivity index (χ2v) is 7.02. The van der Waals surface area contributed by atoms with Crippen molar-refractivity contribution in [2.24, 2.45) is 0 Å². The second-order valence-electron chi connectivity index (χ2n) is 7.02. The van der Waals surface area contributed by atoms with Crippen LogP contribution >= 0.6 is 0 Å². The normalized spacial score (nSPS) is 23.0. The maximum absolute atomic E-state index is 6.15. The van der Waals surface area contributed by atoms with Gasteiger partial charge in [0.1, 0.15) is 11.9 Å². The molecular weight excluding hydrogens is 262 g/mol. The highest BCUT2D eigenvalue weighted by Crippen LogP contribution is 2.25. The van der Waals surface area contributed by atoms with E-state index in [9.17, 15) is 0 Å². The SMILES string of the molecule is COC1CCCC(Oc2cccc(CNC(C)(C)C)c2)C1. The molecule has 0 aromatic heterocycles. The molecule has 1 N–H and O–H groups in total. The van der Waals surface area contributed by atoms with Gasteiger partial charge in [-0.25, -0.2) is 0 Å². The molecule has 3 nitrogen and oxygen atoms in total. The van der Waals surface area contributed by atoms with Gasteiger partial charge < -0.3 is 14.8 Å². The van der Waals surface area contributed by atoms with Crippen molar-refractivity contribution in [3.05, 3.63) is 29.8 Å². The van der Waals surface area contributed by atoms with Crippen LogP contribution in [-0.4, -0.2) is 24.9 Å². The van der Waals surface area contributed by atoms with Gasteiger partial charge in [0, 0.05) is 25.6 Å². The van der Waals surface area contributed by atoms with Crippen LogP contribution in [0.15, 0.2) is 24.3 Å². The molecule has 118 valence electrons. The summed E-state index contributed by atoms with van der Waals surface area (Å²) in [6.45, 7) is 7.41. The van der Waals surface area contributed by atoms with Gasteiger partial charge in [0.15, 0.2) is 0 Å². The Morgan fingerprint density at radius 3 is 2.67 bits per heavy atom. The van der Waals surface area contributed by atoms with Gasteiger partial charge in [-0.05, 0) is 57.7 Å². The van der Waals surface area contributed by atoms with Crippen molar-refractivity contribution < 1.29 is 9.47 Å². The van der Waals surface area contributed by atoms with Gasteiger partial charge in [0.25, 0.3) is 0 Å². The highest BCUT2D eigenvalue weighted by Gasteiger charge is 2.23. The minimum absolute atomic E-state index is 0.131. The largest absolute Gasteiger partial charge is 0.490 e. The molecule has 1 aromatic carbocycles. The third-order valence-electron chi connectivity index (χ3n) is 3.94. The van der Waals surface area contributed by atoms with E-state index in [0.717, 1.165) is 31.6 Å². The molecule has 1 aliphatic rings. The average Bonchev–Trinajstić information content (AvgIpc) is 2.45. The van der Waals surface area contributed by atoms with Crippen molar-refractivity contribution in [3.63, 3.8) is 0 Å². The van der Waals surface area contributed by atoms with Crippen molar-refractivity contribution in [1.29, 1.82) is 0 Å². The van der Waals surface area contributed by atoms with E-state index >= 15 is 0 Å². The van der Waals surface area contributed by atoms with Crippen molar-refractivity contribution >= 4 is 0 Å². The summed E-state index contributed by atoms with van der Waals surface area (Å²) in [5, 5.41) is 3.51. The van der Waals surface area contributed by atoms with E-state index in [0.29, 0.717) is 6.10 Å². The summed E-state index contributed by atoms with van der Waals surface area (Å²) in [6, 6.07) is 8.42. The maximum atomic E-state index is 6.15. The highest BCUT2D eigenvalue weighted by atomic mass is 16.5. The maximum Gasteiger partial charge on any atom is 0.120 e. The first-order chi connectivity index (χ1) is 9.96. The Kier molecular flexibility index (Phi) is 5.65. The molecule has 0 aliphatic heterocycles. The van der Waals surface area contributed by atoms with Crippen LogP contribution in [-0.2, 0) is 11.3 Å². The van der Waals surface area contributed by atoms with E-state index in [1.807, 2.05) is 0 Å². The molecule has 2 unspecified atom stereocenters. The summed E-state index contributed by atoms with van der Waals surface area (Å²) in [7, 11) is 1.80. The quantitative estimate of drug-likeness (QED) is 0.892. The molecular formula is C18H29NO2. The van der Waals surface area contributed by atoms with E-state index in [4.69, 9.17) is 9.47 Å². The van der Waals surface area contributed by atoms with E-state index in [-0.39, 0.29) is 11.6 Å². The van der Waals surface area contributed by atoms with Gasteiger partial charge in [0.2, 0.25) is 0 Å². The number of ether oxygens (including phenoxy) is 2. The molecule has 1 aliphatic carbocycles. The van der Waals surface area contributed by atoms with E-state index in [1.165, 1.54) is 12.0 Å². The van der Waals surface area contributed by atoms with Crippen LogP contribution in [0, 0.1) is 0 Å². The van der Waals surface area contributed by atoms with Crippen molar-refractivity contribution in [3.8, 4) is 5.75 Å². The second kappa shape index (κ2) is 7.28. The number of methoxy groups -OCH3 is 1. The minimum Gasteiger partial charge on any atom is -0.490 e. The fourth-order valence-electron chi connectivity index (χ4n) is 2.71. The Morgan fingerprint density at radius 2 is 1.95 bits per heavy atom. The summed E-state index contributed by atoms with van der Waals surface area (Å²) in [6.07, 6.45) is 5.12. The lowest BCUT2D eigenvalue weighted by Crippen LogP contribution is -2.35. The topological polar surface area (TPSA) is 30.5 Å². The van der Waals surface area contributed by atoms with Crippen LogP contribution in [0.5, 0.6) is 5.75 Å². The van der Waals surface area contributed by atoms with E-state index < -0.39 is 0 Å². The zero-order valence-electron chi connectivity index (χ0n) is 13.8. The number of benzene rings is 1. The van der Waals surface area contributed by atoms with Crippen LogP contribution in [0.1, 0.15) is 52.0 Å². The van der Waals surface area contributed by atoms with Crippen molar-refractivity contribution in [1.82, 2.24) is 5.32 Å². The van der Waals surface area contributed by atoms with E-state index in [2.05, 4.69) is 50.4 Å². The Morgan fingerprint density at radius 1 is 1.19 bits per heavy atom. The fourth-order valence-corrected chi connectivity index (χ4v) is 2.71. The molecule has 0 radical (unpaired) electrons. The van der Waals surface area contributed by atoms with Gasteiger partial charge in [-0.3, -0.25) is 0 Å². The Labute approximate surface area is 129 Å². The zero-order valence-corrected chi connectivity index (χ0v) is 13.8. The van der Waals surface area contributed by atoms with Crippen LogP contribution in [0.4, 0.5) is 0 Å². The number of hydrogen-bond acceptors (Lipinski definition) is 3.